The Bertz CT molecular complexity index is 509. The van der Waals surface area contributed by atoms with Crippen molar-refractivity contribution in [2.24, 2.45) is 0 Å². The van der Waals surface area contributed by atoms with Crippen LogP contribution in [0.3, 0.4) is 0 Å². The Labute approximate surface area is 107 Å². The van der Waals surface area contributed by atoms with E-state index in [1.165, 1.54) is 0 Å². The molecule has 92 valence electrons. The van der Waals surface area contributed by atoms with Gasteiger partial charge in [-0.05, 0) is 18.6 Å². The molecule has 1 unspecified atom stereocenters. The Kier molecular flexibility index (Phi) is 3.78. The van der Waals surface area contributed by atoms with Crippen LogP contribution in [-0.4, -0.2) is 5.97 Å². The van der Waals surface area contributed by atoms with Crippen molar-refractivity contribution in [2.45, 2.75) is 19.3 Å². The average Bonchev–Trinajstić information content (AvgIpc) is 2.41. The van der Waals surface area contributed by atoms with Crippen molar-refractivity contribution in [3.8, 4) is 0 Å². The standard InChI is InChI=1S/C16H16O2/c1-3-8-13-14(12-9-6-5-7-10-12)11-16(17)18-15(13)4-2/h3-10,14H,2,11H2,1H3. The minimum Gasteiger partial charge on any atom is -0.426 e. The number of hydrogen-bond acceptors (Lipinski definition) is 2. The Morgan fingerprint density at radius 2 is 2.06 bits per heavy atom. The van der Waals surface area contributed by atoms with Crippen LogP contribution in [0.15, 0.2) is 66.5 Å². The first-order chi connectivity index (χ1) is 8.76. The lowest BCUT2D eigenvalue weighted by Gasteiger charge is -2.25. The van der Waals surface area contributed by atoms with Crippen LogP contribution < -0.4 is 0 Å². The van der Waals surface area contributed by atoms with Gasteiger partial charge in [0.2, 0.25) is 0 Å². The molecule has 1 aliphatic rings. The number of rotatable bonds is 3. The smallest absolute Gasteiger partial charge is 0.312 e. The number of hydrogen-bond donors (Lipinski definition) is 0. The molecule has 1 aromatic rings. The maximum Gasteiger partial charge on any atom is 0.312 e. The van der Waals surface area contributed by atoms with Gasteiger partial charge in [0.1, 0.15) is 5.76 Å². The molecule has 0 amide bonds. The molecule has 1 aromatic carbocycles. The summed E-state index contributed by atoms with van der Waals surface area (Å²) >= 11 is 0. The van der Waals surface area contributed by atoms with Gasteiger partial charge in [0.15, 0.2) is 0 Å². The van der Waals surface area contributed by atoms with Gasteiger partial charge in [-0.3, -0.25) is 4.79 Å². The fraction of sp³-hybridized carbons (Fsp3) is 0.188. The van der Waals surface area contributed by atoms with Crippen molar-refractivity contribution >= 4 is 5.97 Å². The molecule has 0 saturated heterocycles. The van der Waals surface area contributed by atoms with Crippen molar-refractivity contribution in [2.75, 3.05) is 0 Å². The van der Waals surface area contributed by atoms with E-state index in [1.807, 2.05) is 49.4 Å². The topological polar surface area (TPSA) is 26.3 Å². The largest absolute Gasteiger partial charge is 0.426 e. The minimum atomic E-state index is -0.202. The van der Waals surface area contributed by atoms with Gasteiger partial charge >= 0.3 is 5.97 Å². The number of ether oxygens (including phenoxy) is 1. The Hall–Kier alpha value is -2.09. The molecule has 0 saturated carbocycles. The molecule has 0 bridgehead atoms. The fourth-order valence-electron chi connectivity index (χ4n) is 2.19. The predicted octanol–water partition coefficient (Wildman–Crippen LogP) is 3.73. The molecule has 0 fully saturated rings. The van der Waals surface area contributed by atoms with E-state index in [1.54, 1.807) is 6.08 Å². The van der Waals surface area contributed by atoms with Crippen LogP contribution in [0.4, 0.5) is 0 Å². The summed E-state index contributed by atoms with van der Waals surface area (Å²) in [4.78, 5) is 11.6. The third-order valence-corrected chi connectivity index (χ3v) is 2.99. The first-order valence-corrected chi connectivity index (χ1v) is 6.01. The number of allylic oxidation sites excluding steroid dienone is 4. The minimum absolute atomic E-state index is 0.0525. The van der Waals surface area contributed by atoms with Gasteiger partial charge in [-0.2, -0.15) is 0 Å². The zero-order valence-corrected chi connectivity index (χ0v) is 10.4. The van der Waals surface area contributed by atoms with E-state index >= 15 is 0 Å². The molecule has 18 heavy (non-hydrogen) atoms. The summed E-state index contributed by atoms with van der Waals surface area (Å²) in [7, 11) is 0. The third kappa shape index (κ3) is 2.43. The molecule has 1 heterocycles. The van der Waals surface area contributed by atoms with E-state index < -0.39 is 0 Å². The van der Waals surface area contributed by atoms with Crippen LogP contribution in [0, 0.1) is 0 Å². The highest BCUT2D eigenvalue weighted by molar-refractivity contribution is 5.75. The molecule has 0 spiro atoms. The van der Waals surface area contributed by atoms with E-state index in [9.17, 15) is 4.79 Å². The summed E-state index contributed by atoms with van der Waals surface area (Å²) in [5.41, 5.74) is 2.14. The normalized spacial score (nSPS) is 20.1. The van der Waals surface area contributed by atoms with Crippen LogP contribution in [0.2, 0.25) is 0 Å². The zero-order chi connectivity index (χ0) is 13.0. The fourth-order valence-corrected chi connectivity index (χ4v) is 2.19. The van der Waals surface area contributed by atoms with Gasteiger partial charge in [0.25, 0.3) is 0 Å². The molecular formula is C16H16O2. The monoisotopic (exact) mass is 240 g/mol. The quantitative estimate of drug-likeness (QED) is 0.752. The lowest BCUT2D eigenvalue weighted by atomic mass is 9.85. The lowest BCUT2D eigenvalue weighted by Crippen LogP contribution is -2.19. The number of benzene rings is 1. The summed E-state index contributed by atoms with van der Waals surface area (Å²) in [6.07, 6.45) is 5.92. The van der Waals surface area contributed by atoms with Gasteiger partial charge in [0, 0.05) is 11.5 Å². The van der Waals surface area contributed by atoms with E-state index in [-0.39, 0.29) is 11.9 Å². The molecule has 0 radical (unpaired) electrons. The van der Waals surface area contributed by atoms with E-state index in [2.05, 4.69) is 6.58 Å². The molecule has 0 aliphatic carbocycles. The van der Waals surface area contributed by atoms with Crippen molar-refractivity contribution in [3.63, 3.8) is 0 Å². The summed E-state index contributed by atoms with van der Waals surface area (Å²) in [5.74, 6) is 0.418. The molecule has 0 N–H and O–H groups in total. The number of carbonyl (C=O) groups excluding carboxylic acids is 1. The van der Waals surface area contributed by atoms with Gasteiger partial charge in [-0.15, -0.1) is 0 Å². The van der Waals surface area contributed by atoms with Crippen molar-refractivity contribution in [1.29, 1.82) is 0 Å². The predicted molar refractivity (Wildman–Crippen MR) is 71.9 cm³/mol. The van der Waals surface area contributed by atoms with Crippen molar-refractivity contribution in [1.82, 2.24) is 0 Å². The number of esters is 1. The Morgan fingerprint density at radius 3 is 2.67 bits per heavy atom. The van der Waals surface area contributed by atoms with Gasteiger partial charge in [-0.25, -0.2) is 0 Å². The molecular weight excluding hydrogens is 224 g/mol. The zero-order valence-electron chi connectivity index (χ0n) is 10.4. The maximum atomic E-state index is 11.6. The third-order valence-electron chi connectivity index (χ3n) is 2.99. The van der Waals surface area contributed by atoms with Crippen molar-refractivity contribution in [3.05, 3.63) is 72.0 Å². The molecule has 2 heteroatoms. The molecule has 0 aromatic heterocycles. The summed E-state index contributed by atoms with van der Waals surface area (Å²) in [6, 6.07) is 10.0. The summed E-state index contributed by atoms with van der Waals surface area (Å²) < 4.78 is 5.22. The highest BCUT2D eigenvalue weighted by Gasteiger charge is 2.27. The van der Waals surface area contributed by atoms with Gasteiger partial charge in [-0.1, -0.05) is 49.1 Å². The number of cyclic esters (lactones) is 1. The Morgan fingerprint density at radius 1 is 1.33 bits per heavy atom. The molecule has 1 atom stereocenters. The molecule has 1 aliphatic heterocycles. The van der Waals surface area contributed by atoms with Gasteiger partial charge < -0.3 is 4.74 Å². The second-order valence-electron chi connectivity index (χ2n) is 4.17. The molecule has 2 rings (SSSR count). The second kappa shape index (κ2) is 5.50. The second-order valence-corrected chi connectivity index (χ2v) is 4.17. The SMILES string of the molecule is C=CC1=C(C=CC)C(c2ccccc2)CC(=O)O1. The van der Waals surface area contributed by atoms with E-state index in [0.717, 1.165) is 11.1 Å². The maximum absolute atomic E-state index is 11.6. The van der Waals surface area contributed by atoms with Gasteiger partial charge in [0.05, 0.1) is 6.42 Å². The lowest BCUT2D eigenvalue weighted by molar-refractivity contribution is -0.140. The van der Waals surface area contributed by atoms with Crippen LogP contribution in [0.1, 0.15) is 24.8 Å². The highest BCUT2D eigenvalue weighted by Crippen LogP contribution is 2.35. The van der Waals surface area contributed by atoms with Crippen LogP contribution in [0.25, 0.3) is 0 Å². The van der Waals surface area contributed by atoms with E-state index in [0.29, 0.717) is 12.2 Å². The highest BCUT2D eigenvalue weighted by atomic mass is 16.5. The average molecular weight is 240 g/mol. The van der Waals surface area contributed by atoms with Crippen molar-refractivity contribution < 1.29 is 9.53 Å². The first-order valence-electron chi connectivity index (χ1n) is 6.01. The molecule has 2 nitrogen and oxygen atoms in total. The first kappa shape index (κ1) is 12.4. The van der Waals surface area contributed by atoms with Crippen LogP contribution in [-0.2, 0) is 9.53 Å². The summed E-state index contributed by atoms with van der Waals surface area (Å²) in [6.45, 7) is 5.66. The van der Waals surface area contributed by atoms with Crippen LogP contribution >= 0.6 is 0 Å². The number of carbonyl (C=O) groups is 1. The van der Waals surface area contributed by atoms with E-state index in [4.69, 9.17) is 4.74 Å². The van der Waals surface area contributed by atoms with Crippen LogP contribution in [0.5, 0.6) is 0 Å². The Balaban J connectivity index is 2.49. The summed E-state index contributed by atoms with van der Waals surface area (Å²) in [5, 5.41) is 0.